The number of nitro groups is 2. The number of phenols is 1. The largest absolute Gasteiger partial charge is 0.507 e. The highest BCUT2D eigenvalue weighted by Gasteiger charge is 2.19. The quantitative estimate of drug-likeness (QED) is 0.470. The summed E-state index contributed by atoms with van der Waals surface area (Å²) in [6, 6.07) is 7.62. The van der Waals surface area contributed by atoms with Gasteiger partial charge in [-0.15, -0.1) is 0 Å². The van der Waals surface area contributed by atoms with Crippen molar-refractivity contribution in [2.45, 2.75) is 0 Å². The van der Waals surface area contributed by atoms with Gasteiger partial charge in [0.05, 0.1) is 29.2 Å². The number of hydrazone groups is 1. The first-order valence-electron chi connectivity index (χ1n) is 6.51. The van der Waals surface area contributed by atoms with Crippen LogP contribution >= 0.6 is 0 Å². The maximum Gasteiger partial charge on any atom is 0.301 e. The molecule has 0 aliphatic heterocycles. The lowest BCUT2D eigenvalue weighted by Gasteiger charge is -2.04. The number of nitrogens with one attached hydrogen (secondary N) is 1. The Morgan fingerprint density at radius 1 is 1.17 bits per heavy atom. The molecule has 0 aliphatic carbocycles. The monoisotopic (exact) mass is 332 g/mol. The predicted molar refractivity (Wildman–Crippen MR) is 85.6 cm³/mol. The number of nitrogens with zero attached hydrogens (tertiary/aromatic N) is 3. The van der Waals surface area contributed by atoms with Crippen molar-refractivity contribution >= 4 is 23.3 Å². The highest BCUT2D eigenvalue weighted by atomic mass is 16.6. The van der Waals surface area contributed by atoms with Gasteiger partial charge in [0.15, 0.2) is 0 Å². The third-order valence-corrected chi connectivity index (χ3v) is 3.01. The molecule has 2 aromatic rings. The molecule has 24 heavy (non-hydrogen) atoms. The van der Waals surface area contributed by atoms with Crippen LogP contribution in [0.5, 0.6) is 11.5 Å². The Morgan fingerprint density at radius 3 is 2.54 bits per heavy atom. The average molecular weight is 332 g/mol. The minimum Gasteiger partial charge on any atom is -0.507 e. The summed E-state index contributed by atoms with van der Waals surface area (Å²) in [5, 5.41) is 35.2. The van der Waals surface area contributed by atoms with Crippen molar-refractivity contribution in [2.24, 2.45) is 5.10 Å². The Labute approximate surface area is 135 Å². The minimum atomic E-state index is -0.756. The first-order valence-corrected chi connectivity index (χ1v) is 6.51. The summed E-state index contributed by atoms with van der Waals surface area (Å²) in [4.78, 5) is 20.2. The Balaban J connectivity index is 2.25. The summed E-state index contributed by atoms with van der Waals surface area (Å²) in [5.74, 6) is 0.440. The number of ether oxygens (including phenoxy) is 1. The van der Waals surface area contributed by atoms with Crippen molar-refractivity contribution in [1.82, 2.24) is 0 Å². The van der Waals surface area contributed by atoms with Crippen molar-refractivity contribution in [1.29, 1.82) is 0 Å². The Morgan fingerprint density at radius 2 is 1.92 bits per heavy atom. The molecule has 0 radical (unpaired) electrons. The zero-order valence-corrected chi connectivity index (χ0v) is 12.4. The molecule has 0 saturated carbocycles. The third kappa shape index (κ3) is 3.74. The molecule has 2 N–H and O–H groups in total. The van der Waals surface area contributed by atoms with Crippen LogP contribution in [0, 0.1) is 20.2 Å². The molecule has 0 heterocycles. The van der Waals surface area contributed by atoms with Gasteiger partial charge in [-0.05, 0) is 24.3 Å². The van der Waals surface area contributed by atoms with Gasteiger partial charge in [0, 0.05) is 11.6 Å². The van der Waals surface area contributed by atoms with E-state index < -0.39 is 21.2 Å². The molecular formula is C14H12N4O6. The molecule has 0 amide bonds. The van der Waals surface area contributed by atoms with E-state index in [-0.39, 0.29) is 11.4 Å². The van der Waals surface area contributed by atoms with Crippen molar-refractivity contribution in [3.63, 3.8) is 0 Å². The number of aromatic hydroxyl groups is 1. The molecule has 10 nitrogen and oxygen atoms in total. The molecule has 10 heteroatoms. The zero-order chi connectivity index (χ0) is 17.7. The first-order chi connectivity index (χ1) is 11.4. The smallest absolute Gasteiger partial charge is 0.301 e. The van der Waals surface area contributed by atoms with E-state index >= 15 is 0 Å². The summed E-state index contributed by atoms with van der Waals surface area (Å²) >= 11 is 0. The summed E-state index contributed by atoms with van der Waals surface area (Å²) in [5.41, 5.74) is 1.84. The third-order valence-electron chi connectivity index (χ3n) is 3.01. The van der Waals surface area contributed by atoms with Gasteiger partial charge in [0.1, 0.15) is 17.2 Å². The predicted octanol–water partition coefficient (Wildman–Crippen LogP) is 2.66. The van der Waals surface area contributed by atoms with Crippen LogP contribution in [0.2, 0.25) is 0 Å². The standard InChI is InChI=1S/C14H12N4O6/c1-24-11-3-5-14(19)9(6-11)8-15-16-12-4-2-10(17(20)21)7-13(12)18(22)23/h2-8,16,19H,1H3/b15-8+. The summed E-state index contributed by atoms with van der Waals surface area (Å²) in [6.07, 6.45) is 1.24. The Bertz CT molecular complexity index is 821. The number of nitro benzene ring substituents is 2. The summed E-state index contributed by atoms with van der Waals surface area (Å²) < 4.78 is 5.01. The molecule has 0 unspecified atom stereocenters. The van der Waals surface area contributed by atoms with Gasteiger partial charge in [-0.1, -0.05) is 0 Å². The molecule has 0 aliphatic rings. The molecule has 124 valence electrons. The number of hydrogen-bond donors (Lipinski definition) is 2. The molecule has 0 spiro atoms. The summed E-state index contributed by atoms with van der Waals surface area (Å²) in [6.45, 7) is 0. The fourth-order valence-corrected chi connectivity index (χ4v) is 1.81. The van der Waals surface area contributed by atoms with Crippen molar-refractivity contribution in [2.75, 3.05) is 12.5 Å². The first kappa shape index (κ1) is 16.7. The van der Waals surface area contributed by atoms with E-state index in [9.17, 15) is 25.3 Å². The van der Waals surface area contributed by atoms with Gasteiger partial charge in [-0.25, -0.2) is 0 Å². The Kier molecular flexibility index (Phi) is 4.90. The molecule has 0 bridgehead atoms. The molecule has 0 atom stereocenters. The number of anilines is 1. The van der Waals surface area contributed by atoms with Gasteiger partial charge in [-0.3, -0.25) is 25.7 Å². The molecule has 2 rings (SSSR count). The minimum absolute atomic E-state index is 0.0239. The zero-order valence-electron chi connectivity index (χ0n) is 12.4. The number of benzene rings is 2. The second-order valence-electron chi connectivity index (χ2n) is 4.51. The maximum absolute atomic E-state index is 11.0. The highest BCUT2D eigenvalue weighted by Crippen LogP contribution is 2.29. The lowest BCUT2D eigenvalue weighted by molar-refractivity contribution is -0.393. The van der Waals surface area contributed by atoms with Crippen LogP contribution in [0.4, 0.5) is 17.1 Å². The second-order valence-corrected chi connectivity index (χ2v) is 4.51. The fraction of sp³-hybridized carbons (Fsp3) is 0.0714. The van der Waals surface area contributed by atoms with Crippen LogP contribution in [-0.4, -0.2) is 28.3 Å². The van der Waals surface area contributed by atoms with Gasteiger partial charge < -0.3 is 9.84 Å². The van der Waals surface area contributed by atoms with Crippen LogP contribution in [0.25, 0.3) is 0 Å². The van der Waals surface area contributed by atoms with E-state index in [2.05, 4.69) is 10.5 Å². The van der Waals surface area contributed by atoms with E-state index in [0.29, 0.717) is 11.3 Å². The fourth-order valence-electron chi connectivity index (χ4n) is 1.81. The van der Waals surface area contributed by atoms with Crippen LogP contribution in [0.3, 0.4) is 0 Å². The lowest BCUT2D eigenvalue weighted by Crippen LogP contribution is -1.99. The number of phenolic OH excluding ortho intramolecular Hbond substituents is 1. The van der Waals surface area contributed by atoms with Crippen LogP contribution in [-0.2, 0) is 0 Å². The van der Waals surface area contributed by atoms with Crippen LogP contribution < -0.4 is 10.2 Å². The van der Waals surface area contributed by atoms with Gasteiger partial charge in [-0.2, -0.15) is 5.10 Å². The number of methoxy groups -OCH3 is 1. The molecule has 0 saturated heterocycles. The molecular weight excluding hydrogens is 320 g/mol. The van der Waals surface area contributed by atoms with E-state index in [0.717, 1.165) is 12.1 Å². The van der Waals surface area contributed by atoms with E-state index in [4.69, 9.17) is 4.74 Å². The Hall–Kier alpha value is -3.69. The number of non-ortho nitro benzene ring substituents is 1. The van der Waals surface area contributed by atoms with Gasteiger partial charge in [0.25, 0.3) is 5.69 Å². The van der Waals surface area contributed by atoms with E-state index in [1.54, 1.807) is 6.07 Å². The number of rotatable bonds is 6. The van der Waals surface area contributed by atoms with Gasteiger partial charge in [0.2, 0.25) is 0 Å². The van der Waals surface area contributed by atoms with Crippen molar-refractivity contribution < 1.29 is 19.7 Å². The molecule has 0 fully saturated rings. The van der Waals surface area contributed by atoms with Crippen LogP contribution in [0.1, 0.15) is 5.56 Å². The molecule has 2 aromatic carbocycles. The highest BCUT2D eigenvalue weighted by molar-refractivity contribution is 5.84. The normalized spacial score (nSPS) is 10.5. The van der Waals surface area contributed by atoms with E-state index in [1.807, 2.05) is 0 Å². The van der Waals surface area contributed by atoms with E-state index in [1.165, 1.54) is 31.5 Å². The molecule has 0 aromatic heterocycles. The maximum atomic E-state index is 11.0. The van der Waals surface area contributed by atoms with Crippen molar-refractivity contribution in [3.8, 4) is 11.5 Å². The lowest BCUT2D eigenvalue weighted by atomic mass is 10.2. The van der Waals surface area contributed by atoms with Crippen LogP contribution in [0.15, 0.2) is 41.5 Å². The van der Waals surface area contributed by atoms with Crippen molar-refractivity contribution in [3.05, 3.63) is 62.2 Å². The summed E-state index contributed by atoms with van der Waals surface area (Å²) in [7, 11) is 1.46. The second kappa shape index (κ2) is 7.05. The number of hydrogen-bond acceptors (Lipinski definition) is 8. The van der Waals surface area contributed by atoms with Gasteiger partial charge >= 0.3 is 5.69 Å². The SMILES string of the molecule is COc1ccc(O)c(/C=N/Nc2ccc([N+](=O)[O-])cc2[N+](=O)[O-])c1. The average Bonchev–Trinajstić information content (AvgIpc) is 2.56. The topological polar surface area (TPSA) is 140 Å².